The molecule has 0 radical (unpaired) electrons. The number of hydrogen-bond donors (Lipinski definition) is 1. The van der Waals surface area contributed by atoms with E-state index in [0.717, 1.165) is 11.3 Å². The third-order valence-corrected chi connectivity index (χ3v) is 2.93. The normalized spacial score (nSPS) is 16.4. The lowest BCUT2D eigenvalue weighted by molar-refractivity contribution is -0.134. The van der Waals surface area contributed by atoms with Crippen LogP contribution in [0.4, 0.5) is 0 Å². The minimum Gasteiger partial charge on any atom is -0.491 e. The molecule has 0 saturated carbocycles. The van der Waals surface area contributed by atoms with E-state index in [0.29, 0.717) is 19.7 Å². The van der Waals surface area contributed by atoms with Crippen molar-refractivity contribution in [2.45, 2.75) is 12.6 Å². The number of ether oxygens (including phenoxy) is 2. The molecule has 0 spiro atoms. The molecule has 5 heteroatoms. The highest BCUT2D eigenvalue weighted by molar-refractivity contribution is 5.82. The fourth-order valence-electron chi connectivity index (χ4n) is 2.00. The minimum atomic E-state index is -0.611. The lowest BCUT2D eigenvalue weighted by Crippen LogP contribution is -2.46. The number of methoxy groups -OCH3 is 1. The van der Waals surface area contributed by atoms with E-state index in [4.69, 9.17) is 15.2 Å². The Morgan fingerprint density at radius 2 is 2.33 bits per heavy atom. The maximum Gasteiger partial charge on any atom is 0.242 e. The largest absolute Gasteiger partial charge is 0.491 e. The molecule has 0 bridgehead atoms. The monoisotopic (exact) mass is 250 g/mol. The molecule has 0 saturated heterocycles. The molecule has 18 heavy (non-hydrogen) atoms. The van der Waals surface area contributed by atoms with Gasteiger partial charge in [-0.2, -0.15) is 0 Å². The van der Waals surface area contributed by atoms with Gasteiger partial charge < -0.3 is 20.1 Å². The van der Waals surface area contributed by atoms with Crippen LogP contribution in [0.1, 0.15) is 5.56 Å². The first-order valence-electron chi connectivity index (χ1n) is 5.96. The summed E-state index contributed by atoms with van der Waals surface area (Å²) in [6, 6.07) is 7.12. The highest BCUT2D eigenvalue weighted by Gasteiger charge is 2.23. The highest BCUT2D eigenvalue weighted by Crippen LogP contribution is 2.22. The standard InChI is InChI=1S/C13H18N2O3/c1-17-9-11(14)13(16)15-6-7-18-12-5-3-2-4-10(12)8-15/h2-5,11H,6-9,14H2,1H3. The van der Waals surface area contributed by atoms with E-state index in [1.807, 2.05) is 24.3 Å². The van der Waals surface area contributed by atoms with Gasteiger partial charge in [-0.1, -0.05) is 18.2 Å². The lowest BCUT2D eigenvalue weighted by atomic mass is 10.2. The third-order valence-electron chi connectivity index (χ3n) is 2.93. The predicted molar refractivity (Wildman–Crippen MR) is 67.2 cm³/mol. The second-order valence-corrected chi connectivity index (χ2v) is 4.28. The van der Waals surface area contributed by atoms with Crippen molar-refractivity contribution >= 4 is 5.91 Å². The molecular weight excluding hydrogens is 232 g/mol. The van der Waals surface area contributed by atoms with E-state index in [-0.39, 0.29) is 12.5 Å². The summed E-state index contributed by atoms with van der Waals surface area (Å²) in [7, 11) is 1.54. The molecule has 98 valence electrons. The van der Waals surface area contributed by atoms with Crippen molar-refractivity contribution < 1.29 is 14.3 Å². The lowest BCUT2D eigenvalue weighted by Gasteiger charge is -2.23. The molecule has 5 nitrogen and oxygen atoms in total. The fraction of sp³-hybridized carbons (Fsp3) is 0.462. The molecule has 1 unspecified atom stereocenters. The van der Waals surface area contributed by atoms with Crippen LogP contribution < -0.4 is 10.5 Å². The van der Waals surface area contributed by atoms with Crippen molar-refractivity contribution in [1.82, 2.24) is 4.90 Å². The zero-order valence-electron chi connectivity index (χ0n) is 10.5. The highest BCUT2D eigenvalue weighted by atomic mass is 16.5. The van der Waals surface area contributed by atoms with Crippen molar-refractivity contribution in [3.05, 3.63) is 29.8 Å². The summed E-state index contributed by atoms with van der Waals surface area (Å²) in [5.74, 6) is 0.741. The molecule has 2 rings (SSSR count). The Labute approximate surface area is 106 Å². The van der Waals surface area contributed by atoms with Crippen LogP contribution in [0.3, 0.4) is 0 Å². The number of rotatable bonds is 3. The van der Waals surface area contributed by atoms with Crippen molar-refractivity contribution in [1.29, 1.82) is 0 Å². The number of nitrogens with two attached hydrogens (primary N) is 1. The Morgan fingerprint density at radius 3 is 3.11 bits per heavy atom. The number of hydrogen-bond acceptors (Lipinski definition) is 4. The molecule has 1 amide bonds. The number of nitrogens with zero attached hydrogens (tertiary/aromatic N) is 1. The second-order valence-electron chi connectivity index (χ2n) is 4.28. The van der Waals surface area contributed by atoms with Gasteiger partial charge in [0.05, 0.1) is 13.2 Å². The van der Waals surface area contributed by atoms with Crippen molar-refractivity contribution in [3.8, 4) is 5.75 Å². The van der Waals surface area contributed by atoms with Gasteiger partial charge in [-0.25, -0.2) is 0 Å². The zero-order valence-corrected chi connectivity index (χ0v) is 10.5. The van der Waals surface area contributed by atoms with Gasteiger partial charge in [-0.15, -0.1) is 0 Å². The van der Waals surface area contributed by atoms with Crippen molar-refractivity contribution in [2.75, 3.05) is 26.9 Å². The van der Waals surface area contributed by atoms with Gasteiger partial charge in [0.2, 0.25) is 5.91 Å². The Balaban J connectivity index is 2.10. The van der Waals surface area contributed by atoms with Crippen LogP contribution in [0.15, 0.2) is 24.3 Å². The molecule has 1 heterocycles. The Morgan fingerprint density at radius 1 is 1.56 bits per heavy atom. The van der Waals surface area contributed by atoms with Crippen LogP contribution in [0.5, 0.6) is 5.75 Å². The van der Waals surface area contributed by atoms with E-state index >= 15 is 0 Å². The van der Waals surface area contributed by atoms with Gasteiger partial charge in [0.25, 0.3) is 0 Å². The molecule has 0 aliphatic carbocycles. The summed E-state index contributed by atoms with van der Waals surface area (Å²) in [6.07, 6.45) is 0. The molecule has 0 aromatic heterocycles. The Hall–Kier alpha value is -1.59. The van der Waals surface area contributed by atoms with Crippen LogP contribution in [0.25, 0.3) is 0 Å². The van der Waals surface area contributed by atoms with Gasteiger partial charge in [0.1, 0.15) is 18.4 Å². The second kappa shape index (κ2) is 5.84. The van der Waals surface area contributed by atoms with Crippen LogP contribution in [-0.4, -0.2) is 43.7 Å². The molecule has 1 aromatic rings. The summed E-state index contributed by atoms with van der Waals surface area (Å²) in [6.45, 7) is 1.80. The number of carbonyl (C=O) groups is 1. The van der Waals surface area contributed by atoms with Gasteiger partial charge in [0, 0.05) is 19.2 Å². The topological polar surface area (TPSA) is 64.8 Å². The molecule has 1 aromatic carbocycles. The first kappa shape index (κ1) is 12.9. The first-order chi connectivity index (χ1) is 8.72. The molecule has 2 N–H and O–H groups in total. The summed E-state index contributed by atoms with van der Waals surface area (Å²) in [5, 5.41) is 0. The SMILES string of the molecule is COCC(N)C(=O)N1CCOc2ccccc2C1. The summed E-state index contributed by atoms with van der Waals surface area (Å²) < 4.78 is 10.5. The maximum absolute atomic E-state index is 12.1. The average Bonchev–Trinajstić information content (AvgIpc) is 2.60. The van der Waals surface area contributed by atoms with Gasteiger partial charge in [-0.05, 0) is 6.07 Å². The maximum atomic E-state index is 12.1. The Bertz CT molecular complexity index is 422. The van der Waals surface area contributed by atoms with Crippen molar-refractivity contribution in [3.63, 3.8) is 0 Å². The van der Waals surface area contributed by atoms with Gasteiger partial charge in [0.15, 0.2) is 0 Å². The van der Waals surface area contributed by atoms with Crippen LogP contribution in [-0.2, 0) is 16.1 Å². The van der Waals surface area contributed by atoms with Gasteiger partial charge >= 0.3 is 0 Å². The quantitative estimate of drug-likeness (QED) is 0.842. The first-order valence-corrected chi connectivity index (χ1v) is 5.96. The van der Waals surface area contributed by atoms with Gasteiger partial charge in [-0.3, -0.25) is 4.79 Å². The Kier molecular flexibility index (Phi) is 4.17. The third kappa shape index (κ3) is 2.80. The van der Waals surface area contributed by atoms with Crippen molar-refractivity contribution in [2.24, 2.45) is 5.73 Å². The number of amides is 1. The number of para-hydroxylation sites is 1. The molecule has 1 aliphatic rings. The molecule has 0 fully saturated rings. The fourth-order valence-corrected chi connectivity index (χ4v) is 2.00. The van der Waals surface area contributed by atoms with E-state index in [9.17, 15) is 4.79 Å². The van der Waals surface area contributed by atoms with Crippen LogP contribution in [0.2, 0.25) is 0 Å². The number of carbonyl (C=O) groups excluding carboxylic acids is 1. The summed E-state index contributed by atoms with van der Waals surface area (Å²) >= 11 is 0. The predicted octanol–water partition coefficient (Wildman–Crippen LogP) is 0.381. The molecular formula is C13H18N2O3. The summed E-state index contributed by atoms with van der Waals surface area (Å²) in [4.78, 5) is 13.8. The summed E-state index contributed by atoms with van der Waals surface area (Å²) in [5.41, 5.74) is 6.78. The van der Waals surface area contributed by atoms with Crippen LogP contribution >= 0.6 is 0 Å². The number of fused-ring (bicyclic) bond motifs is 1. The van der Waals surface area contributed by atoms with E-state index < -0.39 is 6.04 Å². The van der Waals surface area contributed by atoms with E-state index in [2.05, 4.69) is 0 Å². The smallest absolute Gasteiger partial charge is 0.242 e. The number of benzene rings is 1. The molecule has 1 aliphatic heterocycles. The average molecular weight is 250 g/mol. The minimum absolute atomic E-state index is 0.0999. The van der Waals surface area contributed by atoms with Crippen LogP contribution in [0, 0.1) is 0 Å². The zero-order chi connectivity index (χ0) is 13.0. The van der Waals surface area contributed by atoms with E-state index in [1.54, 1.807) is 4.90 Å². The molecule has 1 atom stereocenters. The van der Waals surface area contributed by atoms with E-state index in [1.165, 1.54) is 7.11 Å².